The molecule has 3 aromatic rings. The fourth-order valence-corrected chi connectivity index (χ4v) is 5.46. The number of hydrogen-bond donors (Lipinski definition) is 3. The zero-order valence-corrected chi connectivity index (χ0v) is 22.8. The summed E-state index contributed by atoms with van der Waals surface area (Å²) in [6, 6.07) is 3.82. The van der Waals surface area contributed by atoms with Gasteiger partial charge in [-0.25, -0.2) is 14.8 Å². The first-order valence-corrected chi connectivity index (χ1v) is 13.3. The third-order valence-electron chi connectivity index (χ3n) is 6.75. The number of carboxylic acids is 1. The van der Waals surface area contributed by atoms with Crippen LogP contribution in [0.3, 0.4) is 0 Å². The minimum atomic E-state index is -0.997. The summed E-state index contributed by atoms with van der Waals surface area (Å²) in [6.07, 6.45) is 3.43. The fraction of sp³-hybridized carbons (Fsp3) is 0.462. The van der Waals surface area contributed by atoms with E-state index < -0.39 is 5.97 Å². The van der Waals surface area contributed by atoms with Crippen LogP contribution in [0.25, 0.3) is 0 Å². The van der Waals surface area contributed by atoms with E-state index in [2.05, 4.69) is 20.5 Å². The summed E-state index contributed by atoms with van der Waals surface area (Å²) < 4.78 is 16.5. The molecule has 1 fully saturated rings. The summed E-state index contributed by atoms with van der Waals surface area (Å²) in [6.45, 7) is 4.98. The normalized spacial score (nSPS) is 15.1. The highest BCUT2D eigenvalue weighted by Gasteiger charge is 2.29. The first-order valence-electron chi connectivity index (χ1n) is 12.5. The van der Waals surface area contributed by atoms with Gasteiger partial charge in [0.1, 0.15) is 10.7 Å². The van der Waals surface area contributed by atoms with Crippen LogP contribution >= 0.6 is 11.3 Å². The van der Waals surface area contributed by atoms with Crippen LogP contribution in [0.4, 0.5) is 16.9 Å². The predicted octanol–water partition coefficient (Wildman–Crippen LogP) is 4.09. The molecule has 1 aromatic carbocycles. The summed E-state index contributed by atoms with van der Waals surface area (Å²) in [4.78, 5) is 28.1. The Bertz CT molecular complexity index is 1320. The summed E-state index contributed by atoms with van der Waals surface area (Å²) in [5, 5.41) is 16.5. The Morgan fingerprint density at radius 3 is 2.47 bits per heavy atom. The molecule has 3 heterocycles. The van der Waals surface area contributed by atoms with Gasteiger partial charge in [-0.15, -0.1) is 0 Å². The van der Waals surface area contributed by atoms with Gasteiger partial charge in [0, 0.05) is 38.2 Å². The number of aromatic nitrogens is 3. The maximum Gasteiger partial charge on any atom is 0.347 e. The van der Waals surface area contributed by atoms with Crippen molar-refractivity contribution < 1.29 is 24.1 Å². The van der Waals surface area contributed by atoms with Gasteiger partial charge < -0.3 is 24.6 Å². The molecule has 2 aromatic heterocycles. The van der Waals surface area contributed by atoms with Crippen molar-refractivity contribution in [2.75, 3.05) is 45.1 Å². The lowest BCUT2D eigenvalue weighted by atomic mass is 10.1. The van der Waals surface area contributed by atoms with E-state index in [1.54, 1.807) is 28.3 Å². The highest BCUT2D eigenvalue weighted by Crippen LogP contribution is 2.39. The molecule has 5 rings (SSSR count). The molecular weight excluding hydrogens is 508 g/mol. The van der Waals surface area contributed by atoms with E-state index in [-0.39, 0.29) is 4.88 Å². The van der Waals surface area contributed by atoms with Crippen LogP contribution in [0.15, 0.2) is 12.1 Å². The van der Waals surface area contributed by atoms with Crippen molar-refractivity contribution in [3.05, 3.63) is 39.5 Å². The second kappa shape index (κ2) is 11.0. The SMILES string of the molecule is COc1cc(CNc2nc(Nc3nc(C)c(C(=O)O)s3)nc3c2CN(CC2CC2)CC3)cc(OC)c1OC. The Morgan fingerprint density at radius 1 is 1.13 bits per heavy atom. The zero-order chi connectivity index (χ0) is 26.8. The minimum absolute atomic E-state index is 0.196. The van der Waals surface area contributed by atoms with E-state index in [4.69, 9.17) is 24.2 Å². The number of anilines is 3. The third-order valence-corrected chi connectivity index (χ3v) is 7.81. The summed E-state index contributed by atoms with van der Waals surface area (Å²) in [5.74, 6) is 2.63. The van der Waals surface area contributed by atoms with E-state index in [0.29, 0.717) is 40.6 Å². The minimum Gasteiger partial charge on any atom is -0.493 e. The lowest BCUT2D eigenvalue weighted by Gasteiger charge is -2.29. The summed E-state index contributed by atoms with van der Waals surface area (Å²) >= 11 is 1.07. The molecule has 12 heteroatoms. The summed E-state index contributed by atoms with van der Waals surface area (Å²) in [7, 11) is 4.77. The molecule has 0 unspecified atom stereocenters. The number of nitrogens with one attached hydrogen (secondary N) is 2. The Morgan fingerprint density at radius 2 is 1.87 bits per heavy atom. The molecule has 0 saturated heterocycles. The van der Waals surface area contributed by atoms with Crippen molar-refractivity contribution in [2.24, 2.45) is 5.92 Å². The van der Waals surface area contributed by atoms with Crippen LogP contribution < -0.4 is 24.8 Å². The second-order valence-electron chi connectivity index (χ2n) is 9.50. The van der Waals surface area contributed by atoms with Crippen LogP contribution in [0.1, 0.15) is 45.0 Å². The van der Waals surface area contributed by atoms with Crippen LogP contribution in [0.2, 0.25) is 0 Å². The number of ether oxygens (including phenoxy) is 3. The monoisotopic (exact) mass is 540 g/mol. The van der Waals surface area contributed by atoms with Gasteiger partial charge in [-0.2, -0.15) is 4.98 Å². The van der Waals surface area contributed by atoms with Crippen molar-refractivity contribution in [2.45, 2.75) is 39.3 Å². The van der Waals surface area contributed by atoms with Crippen molar-refractivity contribution in [3.63, 3.8) is 0 Å². The van der Waals surface area contributed by atoms with Gasteiger partial charge in [0.25, 0.3) is 0 Å². The maximum atomic E-state index is 11.5. The van der Waals surface area contributed by atoms with Crippen LogP contribution in [-0.4, -0.2) is 65.3 Å². The zero-order valence-electron chi connectivity index (χ0n) is 22.0. The average Bonchev–Trinajstić information content (AvgIpc) is 3.65. The number of hydrogen-bond acceptors (Lipinski definition) is 11. The molecule has 3 N–H and O–H groups in total. The molecule has 202 valence electrons. The topological polar surface area (TPSA) is 131 Å². The van der Waals surface area contributed by atoms with E-state index in [9.17, 15) is 9.90 Å². The number of carbonyl (C=O) groups is 1. The van der Waals surface area contributed by atoms with Crippen molar-refractivity contribution in [3.8, 4) is 17.2 Å². The van der Waals surface area contributed by atoms with Crippen LogP contribution in [0, 0.1) is 12.8 Å². The number of methoxy groups -OCH3 is 3. The first kappa shape index (κ1) is 26.0. The number of fused-ring (bicyclic) bond motifs is 1. The molecule has 0 radical (unpaired) electrons. The van der Waals surface area contributed by atoms with Gasteiger partial charge in [0.2, 0.25) is 11.7 Å². The van der Waals surface area contributed by atoms with Crippen molar-refractivity contribution in [1.82, 2.24) is 19.9 Å². The highest BCUT2D eigenvalue weighted by atomic mass is 32.1. The fourth-order valence-electron chi connectivity index (χ4n) is 4.66. The van der Waals surface area contributed by atoms with Gasteiger partial charge in [-0.3, -0.25) is 10.2 Å². The number of aryl methyl sites for hydroxylation is 1. The van der Waals surface area contributed by atoms with E-state index >= 15 is 0 Å². The lowest BCUT2D eigenvalue weighted by molar-refractivity contribution is 0.0701. The molecule has 11 nitrogen and oxygen atoms in total. The van der Waals surface area contributed by atoms with Gasteiger partial charge in [0.05, 0.1) is 32.7 Å². The standard InChI is InChI=1S/C26H32N6O5S/c1-14-22(24(33)34)38-26(28-14)31-25-29-18-7-8-32(12-15-5-6-15)13-17(18)23(30-25)27-11-16-9-19(35-2)21(37-4)20(10-16)36-3/h9-10,15H,5-8,11-13H2,1-4H3,(H,33,34)(H2,27,28,29,30,31). The second-order valence-corrected chi connectivity index (χ2v) is 10.5. The third kappa shape index (κ3) is 5.60. The molecule has 1 aliphatic carbocycles. The largest absolute Gasteiger partial charge is 0.493 e. The van der Waals surface area contributed by atoms with Gasteiger partial charge >= 0.3 is 5.97 Å². The van der Waals surface area contributed by atoms with Crippen molar-refractivity contribution >= 4 is 34.2 Å². The Hall–Kier alpha value is -3.64. The summed E-state index contributed by atoms with van der Waals surface area (Å²) in [5.41, 5.74) is 3.46. The smallest absolute Gasteiger partial charge is 0.347 e. The predicted molar refractivity (Wildman–Crippen MR) is 144 cm³/mol. The van der Waals surface area contributed by atoms with Crippen LogP contribution in [0.5, 0.6) is 17.2 Å². The molecule has 1 saturated carbocycles. The van der Waals surface area contributed by atoms with Gasteiger partial charge in [-0.1, -0.05) is 11.3 Å². The molecule has 38 heavy (non-hydrogen) atoms. The molecule has 1 aliphatic heterocycles. The average molecular weight is 541 g/mol. The molecular formula is C26H32N6O5S. The van der Waals surface area contributed by atoms with E-state index in [1.807, 2.05) is 12.1 Å². The molecule has 0 atom stereocenters. The lowest BCUT2D eigenvalue weighted by Crippen LogP contribution is -2.33. The van der Waals surface area contributed by atoms with E-state index in [0.717, 1.165) is 65.9 Å². The molecule has 0 spiro atoms. The van der Waals surface area contributed by atoms with Crippen molar-refractivity contribution in [1.29, 1.82) is 0 Å². The Kier molecular flexibility index (Phi) is 7.52. The number of nitrogens with zero attached hydrogens (tertiary/aromatic N) is 4. The number of thiazole rings is 1. The Balaban J connectivity index is 1.44. The quantitative estimate of drug-likeness (QED) is 0.325. The first-order chi connectivity index (χ1) is 18.4. The number of rotatable bonds is 11. The maximum absolute atomic E-state index is 11.5. The Labute approximate surface area is 225 Å². The molecule has 0 amide bonds. The van der Waals surface area contributed by atoms with Gasteiger partial charge in [-0.05, 0) is 43.4 Å². The van der Waals surface area contributed by atoms with Crippen LogP contribution in [-0.2, 0) is 19.5 Å². The molecule has 0 bridgehead atoms. The number of benzene rings is 1. The van der Waals surface area contributed by atoms with E-state index in [1.165, 1.54) is 12.8 Å². The number of carboxylic acid groups (broad SMARTS) is 1. The number of aromatic carboxylic acids is 1. The van der Waals surface area contributed by atoms with Gasteiger partial charge in [0.15, 0.2) is 16.6 Å². The molecule has 2 aliphatic rings. The highest BCUT2D eigenvalue weighted by molar-refractivity contribution is 7.17.